The minimum atomic E-state index is 0.481. The number of hydrogen-bond donors (Lipinski definition) is 1. The standard InChI is InChI=1S/C14H20N2S/c1-10-8-12(14(15)17)5-6-13(10)9-16-7-3-4-11(16)2/h5-6,8,11H,3-4,7,9H2,1-2H3,(H2,15,17). The molecule has 0 saturated carbocycles. The largest absolute Gasteiger partial charge is 0.389 e. The van der Waals surface area contributed by atoms with Crippen LogP contribution in [0.25, 0.3) is 0 Å². The normalized spacial score (nSPS) is 20.7. The van der Waals surface area contributed by atoms with Gasteiger partial charge in [-0.15, -0.1) is 0 Å². The lowest BCUT2D eigenvalue weighted by atomic mass is 10.0. The Morgan fingerprint density at radius 1 is 1.53 bits per heavy atom. The zero-order chi connectivity index (χ0) is 12.4. The average molecular weight is 248 g/mol. The SMILES string of the molecule is Cc1cc(C(N)=S)ccc1CN1CCCC1C. The quantitative estimate of drug-likeness (QED) is 0.834. The van der Waals surface area contributed by atoms with E-state index in [2.05, 4.69) is 30.9 Å². The molecule has 0 aliphatic carbocycles. The van der Waals surface area contributed by atoms with E-state index in [9.17, 15) is 0 Å². The van der Waals surface area contributed by atoms with Crippen molar-refractivity contribution in [1.82, 2.24) is 4.90 Å². The fraction of sp³-hybridized carbons (Fsp3) is 0.500. The van der Waals surface area contributed by atoms with E-state index in [4.69, 9.17) is 18.0 Å². The van der Waals surface area contributed by atoms with Crippen molar-refractivity contribution in [3.05, 3.63) is 34.9 Å². The van der Waals surface area contributed by atoms with Crippen molar-refractivity contribution in [2.24, 2.45) is 5.73 Å². The molecule has 1 atom stereocenters. The van der Waals surface area contributed by atoms with Crippen molar-refractivity contribution in [1.29, 1.82) is 0 Å². The van der Waals surface area contributed by atoms with E-state index in [0.717, 1.165) is 12.1 Å². The molecule has 1 saturated heterocycles. The molecule has 0 amide bonds. The third-order valence-corrected chi connectivity index (χ3v) is 3.93. The van der Waals surface area contributed by atoms with Crippen LogP contribution in [0.4, 0.5) is 0 Å². The van der Waals surface area contributed by atoms with Gasteiger partial charge in [-0.3, -0.25) is 4.90 Å². The van der Waals surface area contributed by atoms with E-state index in [1.54, 1.807) is 0 Å². The van der Waals surface area contributed by atoms with Crippen LogP contribution in [0, 0.1) is 6.92 Å². The summed E-state index contributed by atoms with van der Waals surface area (Å²) in [5, 5.41) is 0. The second kappa shape index (κ2) is 5.15. The van der Waals surface area contributed by atoms with E-state index in [1.165, 1.54) is 30.5 Å². The van der Waals surface area contributed by atoms with Crippen LogP contribution in [0.2, 0.25) is 0 Å². The van der Waals surface area contributed by atoms with Crippen LogP contribution in [-0.2, 0) is 6.54 Å². The minimum Gasteiger partial charge on any atom is -0.389 e. The number of rotatable bonds is 3. The molecule has 0 aromatic heterocycles. The van der Waals surface area contributed by atoms with Crippen molar-refractivity contribution in [2.45, 2.75) is 39.3 Å². The Kier molecular flexibility index (Phi) is 3.79. The van der Waals surface area contributed by atoms with Gasteiger partial charge in [0.15, 0.2) is 0 Å². The van der Waals surface area contributed by atoms with Crippen LogP contribution in [0.5, 0.6) is 0 Å². The van der Waals surface area contributed by atoms with Gasteiger partial charge in [0.25, 0.3) is 0 Å². The first-order valence-electron chi connectivity index (χ1n) is 6.21. The summed E-state index contributed by atoms with van der Waals surface area (Å²) in [6, 6.07) is 7.00. The van der Waals surface area contributed by atoms with Gasteiger partial charge in [0.1, 0.15) is 4.99 Å². The molecule has 1 aromatic carbocycles. The third-order valence-electron chi connectivity index (χ3n) is 3.69. The van der Waals surface area contributed by atoms with Crippen LogP contribution in [-0.4, -0.2) is 22.5 Å². The summed E-state index contributed by atoms with van der Waals surface area (Å²) in [7, 11) is 0. The third kappa shape index (κ3) is 2.85. The van der Waals surface area contributed by atoms with Gasteiger partial charge in [0, 0.05) is 18.2 Å². The molecule has 3 heteroatoms. The Bertz CT molecular complexity index is 428. The van der Waals surface area contributed by atoms with Crippen LogP contribution < -0.4 is 5.73 Å². The van der Waals surface area contributed by atoms with Crippen molar-refractivity contribution in [3.63, 3.8) is 0 Å². The average Bonchev–Trinajstić information content (AvgIpc) is 2.67. The second-order valence-corrected chi connectivity index (χ2v) is 5.41. The van der Waals surface area contributed by atoms with Crippen molar-refractivity contribution in [2.75, 3.05) is 6.54 Å². The fourth-order valence-electron chi connectivity index (χ4n) is 2.47. The molecular weight excluding hydrogens is 228 g/mol. The number of thiocarbonyl (C=S) groups is 1. The van der Waals surface area contributed by atoms with Crippen molar-refractivity contribution < 1.29 is 0 Å². The van der Waals surface area contributed by atoms with Gasteiger partial charge in [0.2, 0.25) is 0 Å². The molecule has 1 heterocycles. The lowest BCUT2D eigenvalue weighted by molar-refractivity contribution is 0.260. The maximum absolute atomic E-state index is 5.64. The summed E-state index contributed by atoms with van der Waals surface area (Å²) in [6.07, 6.45) is 2.65. The smallest absolute Gasteiger partial charge is 0.103 e. The van der Waals surface area contributed by atoms with E-state index >= 15 is 0 Å². The lowest BCUT2D eigenvalue weighted by Crippen LogP contribution is -2.26. The highest BCUT2D eigenvalue weighted by molar-refractivity contribution is 7.80. The first kappa shape index (κ1) is 12.5. The lowest BCUT2D eigenvalue weighted by Gasteiger charge is -2.22. The first-order chi connectivity index (χ1) is 8.08. The molecule has 17 heavy (non-hydrogen) atoms. The molecule has 1 unspecified atom stereocenters. The first-order valence-corrected chi connectivity index (χ1v) is 6.62. The van der Waals surface area contributed by atoms with Crippen molar-refractivity contribution >= 4 is 17.2 Å². The summed E-state index contributed by atoms with van der Waals surface area (Å²) in [4.78, 5) is 3.03. The summed E-state index contributed by atoms with van der Waals surface area (Å²) >= 11 is 4.99. The monoisotopic (exact) mass is 248 g/mol. The van der Waals surface area contributed by atoms with E-state index < -0.39 is 0 Å². The molecule has 92 valence electrons. The molecule has 0 radical (unpaired) electrons. The zero-order valence-electron chi connectivity index (χ0n) is 10.6. The summed E-state index contributed by atoms with van der Waals surface area (Å²) < 4.78 is 0. The Labute approximate surface area is 109 Å². The van der Waals surface area contributed by atoms with Crippen LogP contribution in [0.15, 0.2) is 18.2 Å². The molecule has 1 aliphatic heterocycles. The Morgan fingerprint density at radius 3 is 2.82 bits per heavy atom. The van der Waals surface area contributed by atoms with E-state index in [1.807, 2.05) is 6.07 Å². The highest BCUT2D eigenvalue weighted by Gasteiger charge is 2.20. The van der Waals surface area contributed by atoms with Gasteiger partial charge in [0.05, 0.1) is 0 Å². The predicted molar refractivity (Wildman–Crippen MR) is 76.2 cm³/mol. The van der Waals surface area contributed by atoms with Gasteiger partial charge in [-0.2, -0.15) is 0 Å². The molecule has 0 spiro atoms. The van der Waals surface area contributed by atoms with Gasteiger partial charge >= 0.3 is 0 Å². The molecule has 1 aliphatic rings. The van der Waals surface area contributed by atoms with Gasteiger partial charge in [-0.05, 0) is 50.4 Å². The van der Waals surface area contributed by atoms with Gasteiger partial charge < -0.3 is 5.73 Å². The summed E-state index contributed by atoms with van der Waals surface area (Å²) in [5.74, 6) is 0. The Balaban J connectivity index is 2.14. The van der Waals surface area contributed by atoms with Crippen LogP contribution >= 0.6 is 12.2 Å². The molecule has 2 N–H and O–H groups in total. The molecule has 1 fully saturated rings. The molecule has 0 bridgehead atoms. The molecular formula is C14H20N2S. The topological polar surface area (TPSA) is 29.3 Å². The highest BCUT2D eigenvalue weighted by atomic mass is 32.1. The maximum Gasteiger partial charge on any atom is 0.103 e. The summed E-state index contributed by atoms with van der Waals surface area (Å²) in [6.45, 7) is 6.71. The van der Waals surface area contributed by atoms with Gasteiger partial charge in [-0.1, -0.05) is 24.4 Å². The number of aryl methyl sites for hydroxylation is 1. The molecule has 2 rings (SSSR count). The fourth-order valence-corrected chi connectivity index (χ4v) is 2.60. The second-order valence-electron chi connectivity index (χ2n) is 4.97. The highest BCUT2D eigenvalue weighted by Crippen LogP contribution is 2.21. The van der Waals surface area contributed by atoms with Crippen LogP contribution in [0.1, 0.15) is 36.5 Å². The zero-order valence-corrected chi connectivity index (χ0v) is 11.4. The van der Waals surface area contributed by atoms with E-state index in [0.29, 0.717) is 11.0 Å². The predicted octanol–water partition coefficient (Wildman–Crippen LogP) is 2.61. The minimum absolute atomic E-state index is 0.481. The Morgan fingerprint density at radius 2 is 2.29 bits per heavy atom. The van der Waals surface area contributed by atoms with Gasteiger partial charge in [-0.25, -0.2) is 0 Å². The Hall–Kier alpha value is -0.930. The number of hydrogen-bond acceptors (Lipinski definition) is 2. The number of nitrogens with two attached hydrogens (primary N) is 1. The summed E-state index contributed by atoms with van der Waals surface area (Å²) in [5.41, 5.74) is 9.28. The van der Waals surface area contributed by atoms with Crippen LogP contribution in [0.3, 0.4) is 0 Å². The number of likely N-dealkylation sites (tertiary alicyclic amines) is 1. The number of nitrogens with zero attached hydrogens (tertiary/aromatic N) is 1. The van der Waals surface area contributed by atoms with E-state index in [-0.39, 0.29) is 0 Å². The molecule has 2 nitrogen and oxygen atoms in total. The maximum atomic E-state index is 5.64. The number of benzene rings is 1. The van der Waals surface area contributed by atoms with Crippen molar-refractivity contribution in [3.8, 4) is 0 Å². The molecule has 1 aromatic rings.